The summed E-state index contributed by atoms with van der Waals surface area (Å²) in [6.45, 7) is 19.3. The molecule has 0 spiro atoms. The van der Waals surface area contributed by atoms with Crippen molar-refractivity contribution in [2.45, 2.75) is 55.4 Å². The maximum atomic E-state index is 2.50. The van der Waals surface area contributed by atoms with Gasteiger partial charge in [0.05, 0.1) is 0 Å². The highest BCUT2D eigenvalue weighted by Crippen LogP contribution is 2.75. The van der Waals surface area contributed by atoms with Crippen LogP contribution in [-0.2, 0) is 0 Å². The lowest BCUT2D eigenvalue weighted by molar-refractivity contribution is 0.211. The molecular formula is C14H28. The molecule has 0 aromatic carbocycles. The summed E-state index contributed by atoms with van der Waals surface area (Å²) in [5, 5.41) is 0. The Morgan fingerprint density at radius 1 is 0.857 bits per heavy atom. The smallest absolute Gasteiger partial charge is 0.0208 e. The van der Waals surface area contributed by atoms with Gasteiger partial charge in [0.1, 0.15) is 0 Å². The van der Waals surface area contributed by atoms with Gasteiger partial charge in [0.15, 0.2) is 0 Å². The van der Waals surface area contributed by atoms with Gasteiger partial charge >= 0.3 is 0 Å². The molecule has 0 amide bonds. The van der Waals surface area contributed by atoms with Gasteiger partial charge in [-0.25, -0.2) is 0 Å². The molecule has 1 saturated carbocycles. The molecule has 3 atom stereocenters. The molecule has 1 aliphatic rings. The molecule has 3 unspecified atom stereocenters. The minimum atomic E-state index is 0.546. The number of hydrogen-bond donors (Lipinski definition) is 0. The summed E-state index contributed by atoms with van der Waals surface area (Å²) in [6.07, 6.45) is 0. The van der Waals surface area contributed by atoms with Crippen LogP contribution in [0.1, 0.15) is 55.4 Å². The Morgan fingerprint density at radius 3 is 1.50 bits per heavy atom. The van der Waals surface area contributed by atoms with Gasteiger partial charge in [-0.15, -0.1) is 0 Å². The first-order valence-electron chi connectivity index (χ1n) is 6.17. The molecular weight excluding hydrogens is 168 g/mol. The molecule has 14 heavy (non-hydrogen) atoms. The van der Waals surface area contributed by atoms with Gasteiger partial charge in [-0.05, 0) is 34.5 Å². The second-order valence-electron chi connectivity index (χ2n) is 6.76. The van der Waals surface area contributed by atoms with Crippen LogP contribution in [0.15, 0.2) is 0 Å². The van der Waals surface area contributed by atoms with E-state index in [0.717, 1.165) is 23.7 Å². The third kappa shape index (κ3) is 1.33. The van der Waals surface area contributed by atoms with Gasteiger partial charge in [0.2, 0.25) is 0 Å². The molecule has 0 heterocycles. The molecule has 1 fully saturated rings. The predicted molar refractivity (Wildman–Crippen MR) is 64.2 cm³/mol. The van der Waals surface area contributed by atoms with Crippen molar-refractivity contribution in [3.63, 3.8) is 0 Å². The summed E-state index contributed by atoms with van der Waals surface area (Å²) < 4.78 is 0. The highest BCUT2D eigenvalue weighted by molar-refractivity contribution is 5.17. The largest absolute Gasteiger partial charge is 0.0625 e. The van der Waals surface area contributed by atoms with Crippen molar-refractivity contribution in [3.8, 4) is 0 Å². The zero-order valence-electron chi connectivity index (χ0n) is 11.3. The maximum absolute atomic E-state index is 2.50. The molecule has 1 rings (SSSR count). The van der Waals surface area contributed by atoms with E-state index in [4.69, 9.17) is 0 Å². The van der Waals surface area contributed by atoms with E-state index in [0.29, 0.717) is 10.8 Å². The Hall–Kier alpha value is 0. The van der Waals surface area contributed by atoms with Gasteiger partial charge in [-0.2, -0.15) is 0 Å². The molecule has 0 aliphatic heterocycles. The van der Waals surface area contributed by atoms with Crippen LogP contribution in [0, 0.1) is 34.5 Å². The van der Waals surface area contributed by atoms with E-state index >= 15 is 0 Å². The second kappa shape index (κ2) is 3.25. The average Bonchev–Trinajstić information content (AvgIpc) is 2.45. The third-order valence-corrected chi connectivity index (χ3v) is 5.34. The lowest BCUT2D eigenvalue weighted by atomic mass is 9.78. The van der Waals surface area contributed by atoms with Gasteiger partial charge in [0, 0.05) is 0 Å². The zero-order chi connectivity index (χ0) is 11.3. The van der Waals surface area contributed by atoms with Crippen molar-refractivity contribution >= 4 is 0 Å². The molecule has 84 valence electrons. The first kappa shape index (κ1) is 12.1. The average molecular weight is 196 g/mol. The molecule has 0 N–H and O–H groups in total. The van der Waals surface area contributed by atoms with Crippen LogP contribution in [0.4, 0.5) is 0 Å². The molecule has 0 aromatic rings. The summed E-state index contributed by atoms with van der Waals surface area (Å²) >= 11 is 0. The predicted octanol–water partition coefficient (Wildman–Crippen LogP) is 4.60. The van der Waals surface area contributed by atoms with Gasteiger partial charge in [0.25, 0.3) is 0 Å². The second-order valence-corrected chi connectivity index (χ2v) is 6.76. The first-order chi connectivity index (χ1) is 6.17. The van der Waals surface area contributed by atoms with Crippen molar-refractivity contribution in [3.05, 3.63) is 0 Å². The van der Waals surface area contributed by atoms with E-state index in [1.165, 1.54) is 0 Å². The fraction of sp³-hybridized carbons (Fsp3) is 1.00. The molecule has 0 radical (unpaired) electrons. The number of rotatable bonds is 3. The molecule has 0 bridgehead atoms. The molecule has 0 saturated heterocycles. The zero-order valence-corrected chi connectivity index (χ0v) is 11.3. The first-order valence-corrected chi connectivity index (χ1v) is 6.17. The van der Waals surface area contributed by atoms with Crippen molar-refractivity contribution in [2.24, 2.45) is 34.5 Å². The van der Waals surface area contributed by atoms with Crippen molar-refractivity contribution in [2.75, 3.05) is 0 Å². The van der Waals surface area contributed by atoms with Gasteiger partial charge in [-0.3, -0.25) is 0 Å². The lowest BCUT2D eigenvalue weighted by Crippen LogP contribution is -2.21. The van der Waals surface area contributed by atoms with Crippen molar-refractivity contribution in [1.29, 1.82) is 0 Å². The topological polar surface area (TPSA) is 0 Å². The van der Waals surface area contributed by atoms with Crippen LogP contribution < -0.4 is 0 Å². The summed E-state index contributed by atoms with van der Waals surface area (Å²) in [4.78, 5) is 0. The molecule has 1 aliphatic carbocycles. The van der Waals surface area contributed by atoms with Crippen molar-refractivity contribution < 1.29 is 0 Å². The third-order valence-electron chi connectivity index (χ3n) is 5.34. The summed E-state index contributed by atoms with van der Waals surface area (Å²) in [6, 6.07) is 0. The maximum Gasteiger partial charge on any atom is -0.0208 e. The highest BCUT2D eigenvalue weighted by Gasteiger charge is 2.70. The van der Waals surface area contributed by atoms with Crippen LogP contribution in [0.2, 0.25) is 0 Å². The molecule has 0 nitrogen and oxygen atoms in total. The Morgan fingerprint density at radius 2 is 1.29 bits per heavy atom. The fourth-order valence-corrected chi connectivity index (χ4v) is 4.15. The Balaban J connectivity index is 2.88. The number of hydrogen-bond acceptors (Lipinski definition) is 0. The highest BCUT2D eigenvalue weighted by atomic mass is 14.7. The minimum absolute atomic E-state index is 0.546. The monoisotopic (exact) mass is 196 g/mol. The Kier molecular flexibility index (Phi) is 2.80. The summed E-state index contributed by atoms with van der Waals surface area (Å²) in [5.41, 5.74) is 1.11. The van der Waals surface area contributed by atoms with Crippen LogP contribution in [0.3, 0.4) is 0 Å². The fourth-order valence-electron chi connectivity index (χ4n) is 4.15. The Labute approximate surface area is 90.5 Å². The molecule has 0 heteroatoms. The lowest BCUT2D eigenvalue weighted by Gasteiger charge is -2.27. The van der Waals surface area contributed by atoms with Gasteiger partial charge < -0.3 is 0 Å². The van der Waals surface area contributed by atoms with Crippen LogP contribution >= 0.6 is 0 Å². The molecule has 0 aromatic heterocycles. The van der Waals surface area contributed by atoms with Crippen LogP contribution in [0.25, 0.3) is 0 Å². The van der Waals surface area contributed by atoms with Crippen molar-refractivity contribution in [1.82, 2.24) is 0 Å². The van der Waals surface area contributed by atoms with Crippen LogP contribution in [-0.4, -0.2) is 0 Å². The SMILES string of the molecule is CC(C)C(C)C1(C)C(C(C)C)C1(C)C. The van der Waals surface area contributed by atoms with E-state index < -0.39 is 0 Å². The summed E-state index contributed by atoms with van der Waals surface area (Å²) in [7, 11) is 0. The van der Waals surface area contributed by atoms with E-state index in [1.54, 1.807) is 0 Å². The quantitative estimate of drug-likeness (QED) is 0.619. The van der Waals surface area contributed by atoms with E-state index in [9.17, 15) is 0 Å². The minimum Gasteiger partial charge on any atom is -0.0625 e. The normalized spacial score (nSPS) is 37.7. The van der Waals surface area contributed by atoms with E-state index in [-0.39, 0.29) is 0 Å². The Bertz CT molecular complexity index is 212. The standard InChI is InChI=1S/C14H28/c1-9(2)11(5)14(8)12(10(3)4)13(14,6)7/h9-12H,1-8H3. The summed E-state index contributed by atoms with van der Waals surface area (Å²) in [5.74, 6) is 3.39. The van der Waals surface area contributed by atoms with E-state index in [1.807, 2.05) is 0 Å². The van der Waals surface area contributed by atoms with Crippen LogP contribution in [0.5, 0.6) is 0 Å². The van der Waals surface area contributed by atoms with E-state index in [2.05, 4.69) is 55.4 Å². The van der Waals surface area contributed by atoms with Gasteiger partial charge in [-0.1, -0.05) is 55.4 Å².